The van der Waals surface area contributed by atoms with Crippen LogP contribution in [0.1, 0.15) is 34.1 Å². The smallest absolute Gasteiger partial charge is 0.240 e. The molecule has 4 heteroatoms. The first-order valence-electron chi connectivity index (χ1n) is 6.34. The highest BCUT2D eigenvalue weighted by Crippen LogP contribution is 2.23. The van der Waals surface area contributed by atoms with Crippen LogP contribution in [0, 0.1) is 11.3 Å². The van der Waals surface area contributed by atoms with Gasteiger partial charge in [0, 0.05) is 20.2 Å². The van der Waals surface area contributed by atoms with Crippen LogP contribution in [0.15, 0.2) is 0 Å². The van der Waals surface area contributed by atoms with Crippen LogP contribution in [0.2, 0.25) is 0 Å². The second-order valence-electron chi connectivity index (χ2n) is 6.17. The van der Waals surface area contributed by atoms with Gasteiger partial charge in [-0.05, 0) is 17.8 Å². The quantitative estimate of drug-likeness (QED) is 0.792. The van der Waals surface area contributed by atoms with Gasteiger partial charge in [0.15, 0.2) is 0 Å². The Balaban J connectivity index is 2.65. The zero-order valence-corrected chi connectivity index (χ0v) is 11.7. The molecule has 4 nitrogen and oxygen atoms in total. The van der Waals surface area contributed by atoms with E-state index >= 15 is 0 Å². The van der Waals surface area contributed by atoms with Gasteiger partial charge in [-0.3, -0.25) is 4.79 Å². The van der Waals surface area contributed by atoms with E-state index in [1.807, 2.05) is 25.7 Å². The number of hydrogen-bond donors (Lipinski definition) is 1. The highest BCUT2D eigenvalue weighted by atomic mass is 16.5. The van der Waals surface area contributed by atoms with Crippen LogP contribution in [0.4, 0.5) is 0 Å². The number of piperidine rings is 1. The van der Waals surface area contributed by atoms with Gasteiger partial charge in [-0.1, -0.05) is 27.7 Å². The van der Waals surface area contributed by atoms with Crippen molar-refractivity contribution in [1.82, 2.24) is 4.90 Å². The van der Waals surface area contributed by atoms with Gasteiger partial charge in [0.2, 0.25) is 5.91 Å². The van der Waals surface area contributed by atoms with E-state index in [-0.39, 0.29) is 17.4 Å². The van der Waals surface area contributed by atoms with Gasteiger partial charge in [-0.25, -0.2) is 0 Å². The second-order valence-corrected chi connectivity index (χ2v) is 6.17. The van der Waals surface area contributed by atoms with Crippen LogP contribution in [-0.4, -0.2) is 43.2 Å². The first-order valence-corrected chi connectivity index (χ1v) is 6.34. The lowest BCUT2D eigenvalue weighted by atomic mass is 9.85. The Morgan fingerprint density at radius 2 is 2.06 bits per heavy atom. The van der Waals surface area contributed by atoms with Gasteiger partial charge in [0.25, 0.3) is 0 Å². The first-order chi connectivity index (χ1) is 7.77. The molecule has 1 saturated heterocycles. The molecule has 2 unspecified atom stereocenters. The lowest BCUT2D eigenvalue weighted by Crippen LogP contribution is -2.55. The standard InChI is InChI=1S/C13H26N2O2/c1-9-6-7-15(8-10(9)17-5)12(16)11(14)13(2,3)4/h9-11H,6-8,14H2,1-5H3/t9?,10?,11-/m1/s1. The molecule has 0 aliphatic carbocycles. The molecular formula is C13H26N2O2. The summed E-state index contributed by atoms with van der Waals surface area (Å²) in [4.78, 5) is 14.1. The highest BCUT2D eigenvalue weighted by molar-refractivity contribution is 5.82. The zero-order chi connectivity index (χ0) is 13.2. The van der Waals surface area contributed by atoms with Gasteiger partial charge in [0.1, 0.15) is 0 Å². The number of carbonyl (C=O) groups excluding carboxylic acids is 1. The summed E-state index contributed by atoms with van der Waals surface area (Å²) in [6.07, 6.45) is 1.13. The highest BCUT2D eigenvalue weighted by Gasteiger charge is 2.35. The van der Waals surface area contributed by atoms with Crippen molar-refractivity contribution in [2.75, 3.05) is 20.2 Å². The van der Waals surface area contributed by atoms with Crippen LogP contribution in [-0.2, 0) is 9.53 Å². The Morgan fingerprint density at radius 1 is 1.47 bits per heavy atom. The minimum atomic E-state index is -0.437. The molecule has 0 saturated carbocycles. The minimum Gasteiger partial charge on any atom is -0.379 e. The molecule has 1 amide bonds. The maximum absolute atomic E-state index is 12.3. The molecule has 0 spiro atoms. The summed E-state index contributed by atoms with van der Waals surface area (Å²) in [6.45, 7) is 9.62. The number of methoxy groups -OCH3 is 1. The van der Waals surface area contributed by atoms with Crippen LogP contribution in [0.25, 0.3) is 0 Å². The lowest BCUT2D eigenvalue weighted by Gasteiger charge is -2.39. The molecule has 17 heavy (non-hydrogen) atoms. The summed E-state index contributed by atoms with van der Waals surface area (Å²) in [7, 11) is 1.71. The molecule has 100 valence electrons. The first kappa shape index (κ1) is 14.5. The average molecular weight is 242 g/mol. The molecule has 0 radical (unpaired) electrons. The molecule has 0 bridgehead atoms. The molecule has 3 atom stereocenters. The van der Waals surface area contributed by atoms with Crippen molar-refractivity contribution in [3.63, 3.8) is 0 Å². The van der Waals surface area contributed by atoms with E-state index in [4.69, 9.17) is 10.5 Å². The molecule has 1 fully saturated rings. The van der Waals surface area contributed by atoms with Gasteiger partial charge in [-0.2, -0.15) is 0 Å². The molecule has 1 aliphatic heterocycles. The van der Waals surface area contributed by atoms with E-state index in [9.17, 15) is 4.79 Å². The van der Waals surface area contributed by atoms with Crippen LogP contribution in [0.5, 0.6) is 0 Å². The molecule has 1 rings (SSSR count). The SMILES string of the molecule is COC1CN(C(=O)[C@@H](N)C(C)(C)C)CCC1C. The number of hydrogen-bond acceptors (Lipinski definition) is 3. The zero-order valence-electron chi connectivity index (χ0n) is 11.7. The predicted octanol–water partition coefficient (Wildman–Crippen LogP) is 1.24. The van der Waals surface area contributed by atoms with Crippen molar-refractivity contribution in [2.24, 2.45) is 17.1 Å². The summed E-state index contributed by atoms with van der Waals surface area (Å²) in [6, 6.07) is -0.437. The largest absolute Gasteiger partial charge is 0.379 e. The summed E-state index contributed by atoms with van der Waals surface area (Å²) >= 11 is 0. The molecule has 1 aliphatic rings. The summed E-state index contributed by atoms with van der Waals surface area (Å²) in [5.74, 6) is 0.557. The van der Waals surface area contributed by atoms with E-state index < -0.39 is 6.04 Å². The van der Waals surface area contributed by atoms with Crippen molar-refractivity contribution < 1.29 is 9.53 Å². The normalized spacial score (nSPS) is 28.0. The minimum absolute atomic E-state index is 0.0476. The van der Waals surface area contributed by atoms with E-state index in [2.05, 4.69) is 6.92 Å². The van der Waals surface area contributed by atoms with Gasteiger partial charge in [-0.15, -0.1) is 0 Å². The van der Waals surface area contributed by atoms with E-state index in [0.717, 1.165) is 13.0 Å². The monoisotopic (exact) mass is 242 g/mol. The van der Waals surface area contributed by atoms with E-state index in [0.29, 0.717) is 12.5 Å². The Hall–Kier alpha value is -0.610. The third-order valence-corrected chi connectivity index (χ3v) is 3.70. The molecule has 2 N–H and O–H groups in total. The number of nitrogens with zero attached hydrogens (tertiary/aromatic N) is 1. The van der Waals surface area contributed by atoms with Crippen LogP contribution in [0.3, 0.4) is 0 Å². The van der Waals surface area contributed by atoms with Crippen molar-refractivity contribution in [2.45, 2.75) is 46.3 Å². The third kappa shape index (κ3) is 3.42. The number of ether oxygens (including phenoxy) is 1. The molecule has 0 aromatic heterocycles. The van der Waals surface area contributed by atoms with Crippen LogP contribution >= 0.6 is 0 Å². The van der Waals surface area contributed by atoms with Gasteiger partial charge >= 0.3 is 0 Å². The van der Waals surface area contributed by atoms with E-state index in [1.54, 1.807) is 7.11 Å². The molecule has 0 aromatic rings. The number of carbonyl (C=O) groups is 1. The summed E-state index contributed by atoms with van der Waals surface area (Å²) in [5, 5.41) is 0. The van der Waals surface area contributed by atoms with Crippen molar-refractivity contribution in [3.8, 4) is 0 Å². The molecule has 0 aromatic carbocycles. The summed E-state index contributed by atoms with van der Waals surface area (Å²) < 4.78 is 5.41. The van der Waals surface area contributed by atoms with E-state index in [1.165, 1.54) is 0 Å². The van der Waals surface area contributed by atoms with Gasteiger partial charge in [0.05, 0.1) is 12.1 Å². The Kier molecular flexibility index (Phi) is 4.55. The number of nitrogens with two attached hydrogens (primary N) is 1. The topological polar surface area (TPSA) is 55.6 Å². The van der Waals surface area contributed by atoms with Crippen molar-refractivity contribution in [1.29, 1.82) is 0 Å². The number of amides is 1. The Labute approximate surface area is 104 Å². The fraction of sp³-hybridized carbons (Fsp3) is 0.923. The predicted molar refractivity (Wildman–Crippen MR) is 68.6 cm³/mol. The fourth-order valence-electron chi connectivity index (χ4n) is 2.11. The van der Waals surface area contributed by atoms with Crippen LogP contribution < -0.4 is 5.73 Å². The Morgan fingerprint density at radius 3 is 2.53 bits per heavy atom. The fourth-order valence-corrected chi connectivity index (χ4v) is 2.11. The third-order valence-electron chi connectivity index (χ3n) is 3.70. The number of likely N-dealkylation sites (tertiary alicyclic amines) is 1. The average Bonchev–Trinajstić information content (AvgIpc) is 2.26. The lowest BCUT2D eigenvalue weighted by molar-refractivity contribution is -0.140. The molecule has 1 heterocycles. The Bertz CT molecular complexity index is 273. The van der Waals surface area contributed by atoms with Crippen molar-refractivity contribution >= 4 is 5.91 Å². The number of rotatable bonds is 2. The van der Waals surface area contributed by atoms with Gasteiger partial charge < -0.3 is 15.4 Å². The summed E-state index contributed by atoms with van der Waals surface area (Å²) in [5.41, 5.74) is 5.82. The maximum atomic E-state index is 12.3. The maximum Gasteiger partial charge on any atom is 0.240 e. The second kappa shape index (κ2) is 5.36. The molecular weight excluding hydrogens is 216 g/mol. The van der Waals surface area contributed by atoms with Crippen molar-refractivity contribution in [3.05, 3.63) is 0 Å².